The summed E-state index contributed by atoms with van der Waals surface area (Å²) in [7, 11) is 0. The van der Waals surface area contributed by atoms with E-state index in [0.29, 0.717) is 15.2 Å². The van der Waals surface area contributed by atoms with Gasteiger partial charge in [0.1, 0.15) is 5.04 Å². The Morgan fingerprint density at radius 1 is 1.13 bits per heavy atom. The van der Waals surface area contributed by atoms with Crippen molar-refractivity contribution in [1.29, 1.82) is 5.41 Å². The summed E-state index contributed by atoms with van der Waals surface area (Å²) in [6.07, 6.45) is 1.69. The maximum Gasteiger partial charge on any atom is 0.283 e. The summed E-state index contributed by atoms with van der Waals surface area (Å²) in [6, 6.07) is 15.3. The molecule has 2 aliphatic heterocycles. The number of amidine groups is 2. The van der Waals surface area contributed by atoms with Crippen molar-refractivity contribution in [2.24, 2.45) is 10.1 Å². The number of nitrogens with one attached hydrogen (secondary N) is 1. The predicted octanol–water partition coefficient (Wildman–Crippen LogP) is 4.85. The summed E-state index contributed by atoms with van der Waals surface area (Å²) in [5, 5.41) is 15.9. The first-order valence-electron chi connectivity index (χ1n) is 9.62. The van der Waals surface area contributed by atoms with Gasteiger partial charge in [-0.05, 0) is 55.4 Å². The van der Waals surface area contributed by atoms with Crippen molar-refractivity contribution >= 4 is 57.1 Å². The number of thioether (sulfide) groups is 1. The number of carbonyl (C=O) groups excluding carboxylic acids is 1. The third-order valence-corrected chi connectivity index (χ3v) is 6.16. The fourth-order valence-electron chi connectivity index (χ4n) is 3.27. The van der Waals surface area contributed by atoms with E-state index in [1.807, 2.05) is 42.5 Å². The van der Waals surface area contributed by atoms with Crippen molar-refractivity contribution in [1.82, 2.24) is 5.01 Å². The molecule has 1 N–H and O–H groups in total. The maximum atomic E-state index is 12.6. The fraction of sp³-hybridized carbons (Fsp3) is 0.182. The van der Waals surface area contributed by atoms with Crippen LogP contribution in [0.1, 0.15) is 25.0 Å². The van der Waals surface area contributed by atoms with E-state index in [9.17, 15) is 4.79 Å². The van der Waals surface area contributed by atoms with Crippen LogP contribution in [-0.4, -0.2) is 40.1 Å². The van der Waals surface area contributed by atoms with Crippen LogP contribution < -0.4 is 4.90 Å². The number of halogens is 1. The molecule has 2 heterocycles. The molecule has 0 bridgehead atoms. The summed E-state index contributed by atoms with van der Waals surface area (Å²) in [5.74, 6) is -0.436. The summed E-state index contributed by atoms with van der Waals surface area (Å²) >= 11 is 7.51. The zero-order chi connectivity index (χ0) is 21.3. The highest BCUT2D eigenvalue weighted by Crippen LogP contribution is 2.33. The molecule has 152 valence electrons. The number of benzene rings is 2. The smallest absolute Gasteiger partial charge is 0.283 e. The number of fused-ring (bicyclic) bond motifs is 1. The Kier molecular flexibility index (Phi) is 5.74. The molecule has 4 rings (SSSR count). The van der Waals surface area contributed by atoms with Crippen LogP contribution in [0.15, 0.2) is 64.2 Å². The van der Waals surface area contributed by atoms with Gasteiger partial charge in [0, 0.05) is 24.3 Å². The monoisotopic (exact) mass is 437 g/mol. The van der Waals surface area contributed by atoms with Gasteiger partial charge in [-0.1, -0.05) is 41.9 Å². The maximum absolute atomic E-state index is 12.6. The summed E-state index contributed by atoms with van der Waals surface area (Å²) < 4.78 is 0. The zero-order valence-corrected chi connectivity index (χ0v) is 18.2. The Labute approximate surface area is 184 Å². The summed E-state index contributed by atoms with van der Waals surface area (Å²) in [6.45, 7) is 6.08. The van der Waals surface area contributed by atoms with E-state index in [1.54, 1.807) is 12.1 Å². The first kappa shape index (κ1) is 20.4. The lowest BCUT2D eigenvalue weighted by Crippen LogP contribution is -2.35. The van der Waals surface area contributed by atoms with E-state index in [1.165, 1.54) is 16.8 Å². The topological polar surface area (TPSA) is 72.1 Å². The van der Waals surface area contributed by atoms with Crippen molar-refractivity contribution in [2.75, 3.05) is 18.0 Å². The largest absolute Gasteiger partial charge is 0.372 e. The van der Waals surface area contributed by atoms with E-state index < -0.39 is 5.91 Å². The molecule has 8 heteroatoms. The minimum absolute atomic E-state index is 0.00683. The summed E-state index contributed by atoms with van der Waals surface area (Å²) in [5.41, 5.74) is 2.91. The number of carbonyl (C=O) groups is 1. The van der Waals surface area contributed by atoms with Gasteiger partial charge in [0.25, 0.3) is 5.91 Å². The molecule has 0 aromatic heterocycles. The van der Waals surface area contributed by atoms with Crippen molar-refractivity contribution in [3.63, 3.8) is 0 Å². The molecule has 0 radical (unpaired) electrons. The van der Waals surface area contributed by atoms with Gasteiger partial charge in [-0.2, -0.15) is 15.1 Å². The van der Waals surface area contributed by atoms with Gasteiger partial charge < -0.3 is 4.90 Å². The van der Waals surface area contributed by atoms with E-state index in [2.05, 4.69) is 28.8 Å². The highest BCUT2D eigenvalue weighted by atomic mass is 35.5. The Hall–Kier alpha value is -2.90. The number of anilines is 1. The molecule has 30 heavy (non-hydrogen) atoms. The lowest BCUT2D eigenvalue weighted by atomic mass is 10.1. The molecule has 0 saturated carbocycles. The Morgan fingerprint density at radius 2 is 1.83 bits per heavy atom. The third-order valence-electron chi connectivity index (χ3n) is 4.89. The third kappa shape index (κ3) is 3.78. The average Bonchev–Trinajstić information content (AvgIpc) is 3.17. The lowest BCUT2D eigenvalue weighted by Gasteiger charge is -2.21. The van der Waals surface area contributed by atoms with Crippen molar-refractivity contribution in [2.45, 2.75) is 13.8 Å². The van der Waals surface area contributed by atoms with E-state index in [4.69, 9.17) is 17.0 Å². The van der Waals surface area contributed by atoms with Crippen LogP contribution in [0.5, 0.6) is 0 Å². The van der Waals surface area contributed by atoms with Crippen molar-refractivity contribution in [3.05, 3.63) is 70.3 Å². The van der Waals surface area contributed by atoms with E-state index >= 15 is 0 Å². The first-order chi connectivity index (χ1) is 14.5. The standard InChI is InChI=1S/C22H20ClN5OS/c1-3-27(4-2)15-11-9-14(10-12-15)13-17-19(24)28-22(25-20(17)29)30-21(26-28)16-7-5-6-8-18(16)23/h5-13,24H,3-4H2,1-2H3. The van der Waals surface area contributed by atoms with Gasteiger partial charge in [-0.15, -0.1) is 0 Å². The molecule has 0 atom stereocenters. The number of hydrogen-bond donors (Lipinski definition) is 1. The minimum Gasteiger partial charge on any atom is -0.372 e. The normalized spacial score (nSPS) is 17.2. The molecule has 6 nitrogen and oxygen atoms in total. The molecule has 2 aliphatic rings. The second kappa shape index (κ2) is 8.45. The average molecular weight is 438 g/mol. The van der Waals surface area contributed by atoms with Crippen LogP contribution in [0.2, 0.25) is 5.02 Å². The lowest BCUT2D eigenvalue weighted by molar-refractivity contribution is -0.114. The number of nitrogens with zero attached hydrogens (tertiary/aromatic N) is 4. The Morgan fingerprint density at radius 3 is 2.50 bits per heavy atom. The van der Waals surface area contributed by atoms with E-state index in [-0.39, 0.29) is 11.4 Å². The van der Waals surface area contributed by atoms with Crippen LogP contribution in [0.25, 0.3) is 6.08 Å². The zero-order valence-electron chi connectivity index (χ0n) is 16.6. The van der Waals surface area contributed by atoms with Crippen LogP contribution in [0.3, 0.4) is 0 Å². The van der Waals surface area contributed by atoms with Gasteiger partial charge >= 0.3 is 0 Å². The highest BCUT2D eigenvalue weighted by Gasteiger charge is 2.36. The van der Waals surface area contributed by atoms with Crippen LogP contribution in [0.4, 0.5) is 5.69 Å². The number of aliphatic imine (C=N–C) groups is 1. The molecule has 2 aromatic carbocycles. The Balaban J connectivity index is 1.62. The predicted molar refractivity (Wildman–Crippen MR) is 126 cm³/mol. The quantitative estimate of drug-likeness (QED) is 0.678. The second-order valence-electron chi connectivity index (χ2n) is 6.67. The molecule has 0 unspecified atom stereocenters. The molecule has 1 amide bonds. The van der Waals surface area contributed by atoms with Gasteiger partial charge in [0.2, 0.25) is 5.17 Å². The van der Waals surface area contributed by atoms with Crippen molar-refractivity contribution in [3.8, 4) is 0 Å². The first-order valence-corrected chi connectivity index (χ1v) is 10.8. The number of rotatable bonds is 5. The molecular weight excluding hydrogens is 418 g/mol. The number of hydrazone groups is 1. The second-order valence-corrected chi connectivity index (χ2v) is 8.03. The fourth-order valence-corrected chi connectivity index (χ4v) is 4.48. The molecule has 0 aliphatic carbocycles. The van der Waals surface area contributed by atoms with Crippen LogP contribution >= 0.6 is 23.4 Å². The SMILES string of the molecule is CCN(CC)c1ccc(C=C2C(=N)N3N=C(c4ccccc4Cl)SC3=NC2=O)cc1. The molecular formula is C22H20ClN5OS. The molecule has 0 saturated heterocycles. The molecule has 0 fully saturated rings. The number of amides is 1. The summed E-state index contributed by atoms with van der Waals surface area (Å²) in [4.78, 5) is 19.0. The van der Waals surface area contributed by atoms with E-state index in [0.717, 1.165) is 29.9 Å². The van der Waals surface area contributed by atoms with Crippen LogP contribution in [-0.2, 0) is 4.79 Å². The highest BCUT2D eigenvalue weighted by molar-refractivity contribution is 8.27. The van der Waals surface area contributed by atoms with Gasteiger partial charge in [-0.3, -0.25) is 10.2 Å². The molecule has 0 spiro atoms. The molecule has 2 aromatic rings. The van der Waals surface area contributed by atoms with Crippen molar-refractivity contribution < 1.29 is 4.79 Å². The van der Waals surface area contributed by atoms with Gasteiger partial charge in [0.05, 0.1) is 10.6 Å². The minimum atomic E-state index is -0.442. The van der Waals surface area contributed by atoms with Gasteiger partial charge in [0.15, 0.2) is 5.84 Å². The van der Waals surface area contributed by atoms with Gasteiger partial charge in [-0.25, -0.2) is 0 Å². The number of hydrogen-bond acceptors (Lipinski definition) is 5. The Bertz CT molecular complexity index is 1100. The van der Waals surface area contributed by atoms with Crippen LogP contribution in [0, 0.1) is 5.41 Å².